The van der Waals surface area contributed by atoms with E-state index in [1.165, 1.54) is 16.8 Å². The Morgan fingerprint density at radius 2 is 2.03 bits per heavy atom. The summed E-state index contributed by atoms with van der Waals surface area (Å²) in [7, 11) is 0. The van der Waals surface area contributed by atoms with Crippen molar-refractivity contribution >= 4 is 17.1 Å². The van der Waals surface area contributed by atoms with Gasteiger partial charge in [-0.3, -0.25) is 9.89 Å². The second-order valence-electron chi connectivity index (χ2n) is 6.20. The summed E-state index contributed by atoms with van der Waals surface area (Å²) in [5.41, 5.74) is 1.15. The molecule has 0 aliphatic heterocycles. The van der Waals surface area contributed by atoms with Crippen molar-refractivity contribution in [3.05, 3.63) is 65.5 Å². The van der Waals surface area contributed by atoms with Crippen LogP contribution in [0.15, 0.2) is 42.7 Å². The van der Waals surface area contributed by atoms with Crippen LogP contribution in [0.2, 0.25) is 0 Å². The standard InChI is InChI=1S/C18H12F4N6O/c1-9-6-12(19)10(15-25-17(27-26-15)18(20,21)22)7-13(9)24-16(29)11-8-23-28-5-3-2-4-14(11)28/h2-8H,1H3,(H,24,29)(H,25,26,27). The number of carbonyl (C=O) groups excluding carboxylic acids is 1. The molecule has 0 saturated heterocycles. The van der Waals surface area contributed by atoms with Crippen LogP contribution >= 0.6 is 0 Å². The number of pyridine rings is 1. The number of amides is 1. The first-order chi connectivity index (χ1) is 13.7. The number of benzene rings is 1. The van der Waals surface area contributed by atoms with E-state index in [4.69, 9.17) is 0 Å². The van der Waals surface area contributed by atoms with Gasteiger partial charge in [0.2, 0.25) is 5.82 Å². The van der Waals surface area contributed by atoms with Crippen molar-refractivity contribution in [2.45, 2.75) is 13.1 Å². The average molecular weight is 404 g/mol. The highest BCUT2D eigenvalue weighted by Crippen LogP contribution is 2.30. The van der Waals surface area contributed by atoms with Crippen LogP contribution < -0.4 is 5.32 Å². The number of aromatic nitrogens is 5. The maximum atomic E-state index is 14.3. The molecule has 29 heavy (non-hydrogen) atoms. The molecule has 1 amide bonds. The number of H-pyrrole nitrogens is 1. The summed E-state index contributed by atoms with van der Waals surface area (Å²) in [5, 5.41) is 11.9. The minimum absolute atomic E-state index is 0.208. The highest BCUT2D eigenvalue weighted by atomic mass is 19.4. The van der Waals surface area contributed by atoms with Gasteiger partial charge in [-0.1, -0.05) is 6.07 Å². The van der Waals surface area contributed by atoms with Crippen molar-refractivity contribution in [3.8, 4) is 11.4 Å². The molecule has 148 valence electrons. The average Bonchev–Trinajstić information content (AvgIpc) is 3.30. The van der Waals surface area contributed by atoms with Crippen LogP contribution in [0.1, 0.15) is 21.7 Å². The molecule has 0 saturated carbocycles. The molecule has 3 heterocycles. The van der Waals surface area contributed by atoms with E-state index in [9.17, 15) is 22.4 Å². The lowest BCUT2D eigenvalue weighted by molar-refractivity contribution is -0.144. The lowest BCUT2D eigenvalue weighted by Crippen LogP contribution is -2.13. The van der Waals surface area contributed by atoms with Crippen molar-refractivity contribution in [2.75, 3.05) is 5.32 Å². The molecule has 0 atom stereocenters. The summed E-state index contributed by atoms with van der Waals surface area (Å²) in [5.74, 6) is -3.13. The lowest BCUT2D eigenvalue weighted by Gasteiger charge is -2.10. The number of hydrogen-bond acceptors (Lipinski definition) is 4. The van der Waals surface area contributed by atoms with E-state index >= 15 is 0 Å². The molecule has 0 fully saturated rings. The van der Waals surface area contributed by atoms with Crippen LogP contribution in [0.4, 0.5) is 23.2 Å². The van der Waals surface area contributed by atoms with Crippen LogP contribution in [0.25, 0.3) is 16.9 Å². The molecule has 0 aliphatic rings. The number of nitrogens with zero attached hydrogens (tertiary/aromatic N) is 4. The fourth-order valence-corrected chi connectivity index (χ4v) is 2.79. The maximum absolute atomic E-state index is 14.3. The van der Waals surface area contributed by atoms with Gasteiger partial charge in [-0.2, -0.15) is 23.4 Å². The number of carbonyl (C=O) groups is 1. The number of nitrogens with one attached hydrogen (secondary N) is 2. The largest absolute Gasteiger partial charge is 0.451 e. The summed E-state index contributed by atoms with van der Waals surface area (Å²) in [6.07, 6.45) is -1.68. The van der Waals surface area contributed by atoms with E-state index < -0.39 is 29.5 Å². The van der Waals surface area contributed by atoms with Crippen LogP contribution in [-0.4, -0.2) is 30.7 Å². The first-order valence-corrected chi connectivity index (χ1v) is 8.28. The molecule has 0 spiro atoms. The van der Waals surface area contributed by atoms with Crippen molar-refractivity contribution < 1.29 is 22.4 Å². The number of aromatic amines is 1. The van der Waals surface area contributed by atoms with Gasteiger partial charge in [-0.25, -0.2) is 13.9 Å². The van der Waals surface area contributed by atoms with Gasteiger partial charge in [0.05, 0.1) is 22.8 Å². The summed E-state index contributed by atoms with van der Waals surface area (Å²) in [6, 6.07) is 7.49. The van der Waals surface area contributed by atoms with Crippen LogP contribution in [0, 0.1) is 12.7 Å². The molecular weight excluding hydrogens is 392 g/mol. The smallest absolute Gasteiger partial charge is 0.322 e. The summed E-state index contributed by atoms with van der Waals surface area (Å²) >= 11 is 0. The fourth-order valence-electron chi connectivity index (χ4n) is 2.79. The van der Waals surface area contributed by atoms with E-state index in [0.717, 1.165) is 6.07 Å². The van der Waals surface area contributed by atoms with E-state index in [2.05, 4.69) is 20.5 Å². The number of fused-ring (bicyclic) bond motifs is 1. The zero-order valence-electron chi connectivity index (χ0n) is 14.8. The molecule has 0 bridgehead atoms. The van der Waals surface area contributed by atoms with Crippen LogP contribution in [0.5, 0.6) is 0 Å². The minimum atomic E-state index is -4.74. The van der Waals surface area contributed by atoms with Crippen LogP contribution in [-0.2, 0) is 6.18 Å². The predicted molar refractivity (Wildman–Crippen MR) is 94.7 cm³/mol. The van der Waals surface area contributed by atoms with E-state index in [1.807, 2.05) is 0 Å². The second-order valence-corrected chi connectivity index (χ2v) is 6.20. The Bertz CT molecular complexity index is 1230. The summed E-state index contributed by atoms with van der Waals surface area (Å²) in [6.45, 7) is 1.55. The predicted octanol–water partition coefficient (Wildman–Crippen LogP) is 3.84. The molecule has 1 aromatic carbocycles. The van der Waals surface area contributed by atoms with Gasteiger partial charge in [0.15, 0.2) is 5.82 Å². The minimum Gasteiger partial charge on any atom is -0.322 e. The van der Waals surface area contributed by atoms with Crippen molar-refractivity contribution in [2.24, 2.45) is 0 Å². The molecule has 4 aromatic rings. The number of alkyl halides is 3. The number of anilines is 1. The Morgan fingerprint density at radius 3 is 2.76 bits per heavy atom. The Hall–Kier alpha value is -3.76. The van der Waals surface area contributed by atoms with Gasteiger partial charge >= 0.3 is 6.18 Å². The van der Waals surface area contributed by atoms with E-state index in [1.54, 1.807) is 36.4 Å². The number of rotatable bonds is 3. The van der Waals surface area contributed by atoms with E-state index in [0.29, 0.717) is 11.1 Å². The highest BCUT2D eigenvalue weighted by molar-refractivity contribution is 6.09. The molecule has 11 heteroatoms. The molecule has 0 aliphatic carbocycles. The fraction of sp³-hybridized carbons (Fsp3) is 0.111. The normalized spacial score (nSPS) is 11.8. The third-order valence-electron chi connectivity index (χ3n) is 4.23. The molecule has 0 unspecified atom stereocenters. The van der Waals surface area contributed by atoms with Gasteiger partial charge in [0, 0.05) is 11.9 Å². The number of aryl methyl sites for hydroxylation is 1. The molecule has 2 N–H and O–H groups in total. The zero-order chi connectivity index (χ0) is 20.8. The quantitative estimate of drug-likeness (QED) is 0.508. The number of halogens is 4. The van der Waals surface area contributed by atoms with Crippen molar-refractivity contribution in [3.63, 3.8) is 0 Å². The highest BCUT2D eigenvalue weighted by Gasteiger charge is 2.35. The lowest BCUT2D eigenvalue weighted by atomic mass is 10.1. The van der Waals surface area contributed by atoms with E-state index in [-0.39, 0.29) is 16.8 Å². The van der Waals surface area contributed by atoms with Gasteiger partial charge in [0.25, 0.3) is 5.91 Å². The number of hydrogen-bond donors (Lipinski definition) is 2. The van der Waals surface area contributed by atoms with Gasteiger partial charge in [0.1, 0.15) is 5.82 Å². The van der Waals surface area contributed by atoms with Crippen molar-refractivity contribution in [1.29, 1.82) is 0 Å². The van der Waals surface area contributed by atoms with Crippen LogP contribution in [0.3, 0.4) is 0 Å². The van der Waals surface area contributed by atoms with Crippen molar-refractivity contribution in [1.82, 2.24) is 24.8 Å². The van der Waals surface area contributed by atoms with Gasteiger partial charge < -0.3 is 5.32 Å². The second kappa shape index (κ2) is 6.69. The topological polar surface area (TPSA) is 88.0 Å². The SMILES string of the molecule is Cc1cc(F)c(-c2n[nH]c(C(F)(F)F)n2)cc1NC(=O)c1cnn2ccccc12. The zero-order valence-corrected chi connectivity index (χ0v) is 14.8. The first kappa shape index (κ1) is 18.6. The first-order valence-electron chi connectivity index (χ1n) is 8.28. The molecular formula is C18H12F4N6O. The Labute approximate surface area is 160 Å². The Kier molecular flexibility index (Phi) is 4.29. The third kappa shape index (κ3) is 3.42. The van der Waals surface area contributed by atoms with Gasteiger partial charge in [-0.15, -0.1) is 0 Å². The third-order valence-corrected chi connectivity index (χ3v) is 4.23. The Balaban J connectivity index is 1.69. The summed E-state index contributed by atoms with van der Waals surface area (Å²) < 4.78 is 54.0. The Morgan fingerprint density at radius 1 is 1.24 bits per heavy atom. The van der Waals surface area contributed by atoms with Gasteiger partial charge in [-0.05, 0) is 36.8 Å². The monoisotopic (exact) mass is 404 g/mol. The summed E-state index contributed by atoms with van der Waals surface area (Å²) in [4.78, 5) is 16.0. The molecule has 4 rings (SSSR count). The molecule has 7 nitrogen and oxygen atoms in total. The molecule has 0 radical (unpaired) electrons. The maximum Gasteiger partial charge on any atom is 0.451 e. The molecule has 3 aromatic heterocycles.